The first-order valence-corrected chi connectivity index (χ1v) is 8.88. The zero-order chi connectivity index (χ0) is 19.3. The fourth-order valence-corrected chi connectivity index (χ4v) is 3.24. The van der Waals surface area contributed by atoms with Gasteiger partial charge in [-0.2, -0.15) is 0 Å². The fraction of sp³-hybridized carbons (Fsp3) is 0.278. The van der Waals surface area contributed by atoms with Crippen molar-refractivity contribution in [3.8, 4) is 5.69 Å². The third kappa shape index (κ3) is 4.91. The van der Waals surface area contributed by atoms with Gasteiger partial charge < -0.3 is 10.6 Å². The average Bonchev–Trinajstić information content (AvgIpc) is 3.25. The second-order valence-electron chi connectivity index (χ2n) is 6.44. The van der Waals surface area contributed by atoms with E-state index >= 15 is 0 Å². The van der Waals surface area contributed by atoms with Gasteiger partial charge in [0.25, 0.3) is 0 Å². The Balaban J connectivity index is 0.00000240. The number of aromatic nitrogens is 5. The molecule has 1 aliphatic heterocycles. The quantitative estimate of drug-likeness (QED) is 0.642. The van der Waals surface area contributed by atoms with Crippen molar-refractivity contribution in [2.45, 2.75) is 6.04 Å². The molecule has 0 bridgehead atoms. The molecule has 1 aromatic carbocycles. The summed E-state index contributed by atoms with van der Waals surface area (Å²) < 4.78 is 15.6. The lowest BCUT2D eigenvalue weighted by Crippen LogP contribution is -2.48. The second kappa shape index (κ2) is 9.50. The van der Waals surface area contributed by atoms with E-state index in [0.717, 1.165) is 18.7 Å². The highest BCUT2D eigenvalue weighted by Crippen LogP contribution is 2.22. The first kappa shape index (κ1) is 20.8. The van der Waals surface area contributed by atoms with Crippen LogP contribution in [-0.4, -0.2) is 62.2 Å². The van der Waals surface area contributed by atoms with Crippen LogP contribution < -0.4 is 10.6 Å². The zero-order valence-electron chi connectivity index (χ0n) is 15.4. The second-order valence-corrected chi connectivity index (χ2v) is 6.44. The third-order valence-corrected chi connectivity index (χ3v) is 4.61. The molecule has 0 saturated carbocycles. The van der Waals surface area contributed by atoms with Crippen LogP contribution in [0.5, 0.6) is 0 Å². The number of nitrogens with one attached hydrogen (secondary N) is 2. The molecule has 1 atom stereocenters. The predicted octanol–water partition coefficient (Wildman–Crippen LogP) is 1.20. The summed E-state index contributed by atoms with van der Waals surface area (Å²) in [5.74, 6) is -0.808. The van der Waals surface area contributed by atoms with Gasteiger partial charge in [0.15, 0.2) is 0 Å². The van der Waals surface area contributed by atoms with Crippen molar-refractivity contribution in [1.82, 2.24) is 35.4 Å². The lowest BCUT2D eigenvalue weighted by Gasteiger charge is -2.35. The molecule has 1 saturated heterocycles. The molecule has 4 rings (SSSR count). The number of amides is 1. The number of pyridine rings is 1. The van der Waals surface area contributed by atoms with Crippen molar-refractivity contribution in [2.75, 3.05) is 31.5 Å². The van der Waals surface area contributed by atoms with Crippen molar-refractivity contribution < 1.29 is 9.18 Å². The number of anilines is 1. The Morgan fingerprint density at radius 2 is 2.24 bits per heavy atom. The van der Waals surface area contributed by atoms with Crippen LogP contribution in [0.3, 0.4) is 0 Å². The van der Waals surface area contributed by atoms with Crippen molar-refractivity contribution >= 4 is 24.0 Å². The summed E-state index contributed by atoms with van der Waals surface area (Å²) in [6.45, 7) is 2.37. The van der Waals surface area contributed by atoms with Gasteiger partial charge in [0.2, 0.25) is 5.91 Å². The van der Waals surface area contributed by atoms with Crippen LogP contribution in [0.15, 0.2) is 49.1 Å². The normalized spacial score (nSPS) is 16.8. The number of rotatable bonds is 5. The number of nitrogens with zero attached hydrogens (tertiary/aromatic N) is 6. The summed E-state index contributed by atoms with van der Waals surface area (Å²) in [4.78, 5) is 18.8. The van der Waals surface area contributed by atoms with Crippen LogP contribution in [0, 0.1) is 5.82 Å². The van der Waals surface area contributed by atoms with Crippen LogP contribution in [0.25, 0.3) is 5.69 Å². The van der Waals surface area contributed by atoms with Crippen LogP contribution in [0.2, 0.25) is 0 Å². The standard InChI is InChI=1S/C18H19FN8O.ClH/c19-15-4-3-14(27-12-22-24-25-27)8-16(15)23-18(28)11-26-7-6-21-10-17(26)13-2-1-5-20-9-13;/h1-5,8-9,12,17,21H,6-7,10-11H2,(H,23,28);1H. The summed E-state index contributed by atoms with van der Waals surface area (Å²) in [5.41, 5.74) is 1.68. The highest BCUT2D eigenvalue weighted by atomic mass is 35.5. The topological polar surface area (TPSA) is 101 Å². The van der Waals surface area contributed by atoms with Crippen molar-refractivity contribution in [3.63, 3.8) is 0 Å². The largest absolute Gasteiger partial charge is 0.322 e. The highest BCUT2D eigenvalue weighted by molar-refractivity contribution is 5.92. The Morgan fingerprint density at radius 1 is 1.34 bits per heavy atom. The average molecular weight is 419 g/mol. The van der Waals surface area contributed by atoms with E-state index < -0.39 is 5.82 Å². The smallest absolute Gasteiger partial charge is 0.238 e. The molecule has 1 fully saturated rings. The van der Waals surface area contributed by atoms with Gasteiger partial charge in [-0.3, -0.25) is 14.7 Å². The Bertz CT molecular complexity index is 940. The summed E-state index contributed by atoms with van der Waals surface area (Å²) >= 11 is 0. The van der Waals surface area contributed by atoms with E-state index in [1.165, 1.54) is 29.2 Å². The molecule has 0 spiro atoms. The van der Waals surface area contributed by atoms with E-state index in [2.05, 4.69) is 36.0 Å². The van der Waals surface area contributed by atoms with Gasteiger partial charge in [-0.05, 0) is 40.3 Å². The monoisotopic (exact) mass is 418 g/mol. The van der Waals surface area contributed by atoms with E-state index in [4.69, 9.17) is 0 Å². The number of benzene rings is 1. The number of halogens is 2. The van der Waals surface area contributed by atoms with Gasteiger partial charge in [-0.1, -0.05) is 6.07 Å². The maximum atomic E-state index is 14.2. The molecule has 2 aromatic heterocycles. The number of tetrazole rings is 1. The molecule has 152 valence electrons. The third-order valence-electron chi connectivity index (χ3n) is 4.61. The maximum Gasteiger partial charge on any atom is 0.238 e. The number of carbonyl (C=O) groups excluding carboxylic acids is 1. The molecule has 0 radical (unpaired) electrons. The Kier molecular flexibility index (Phi) is 6.81. The molecule has 1 aliphatic rings. The van der Waals surface area contributed by atoms with E-state index in [0.29, 0.717) is 12.2 Å². The number of carbonyl (C=O) groups is 1. The van der Waals surface area contributed by atoms with Gasteiger partial charge in [0, 0.05) is 38.1 Å². The van der Waals surface area contributed by atoms with Crippen LogP contribution in [-0.2, 0) is 4.79 Å². The lowest BCUT2D eigenvalue weighted by atomic mass is 10.1. The number of hydrogen-bond acceptors (Lipinski definition) is 7. The molecular weight excluding hydrogens is 399 g/mol. The SMILES string of the molecule is Cl.O=C(CN1CCNCC1c1cccnc1)Nc1cc(-n2cnnn2)ccc1F. The van der Waals surface area contributed by atoms with Crippen LogP contribution >= 0.6 is 12.4 Å². The highest BCUT2D eigenvalue weighted by Gasteiger charge is 2.26. The summed E-state index contributed by atoms with van der Waals surface area (Å²) in [5, 5.41) is 16.9. The van der Waals surface area contributed by atoms with Crippen molar-refractivity contribution in [1.29, 1.82) is 0 Å². The summed E-state index contributed by atoms with van der Waals surface area (Å²) in [7, 11) is 0. The molecule has 9 nitrogen and oxygen atoms in total. The minimum atomic E-state index is -0.519. The van der Waals surface area contributed by atoms with Gasteiger partial charge in [-0.15, -0.1) is 17.5 Å². The Hall–Kier alpha value is -2.95. The molecule has 3 heterocycles. The Morgan fingerprint density at radius 3 is 3.00 bits per heavy atom. The maximum absolute atomic E-state index is 14.2. The van der Waals surface area contributed by atoms with Crippen molar-refractivity contribution in [3.05, 3.63) is 60.4 Å². The molecule has 11 heteroatoms. The van der Waals surface area contributed by atoms with Gasteiger partial charge in [-0.25, -0.2) is 9.07 Å². The fourth-order valence-electron chi connectivity index (χ4n) is 3.24. The minimum absolute atomic E-state index is 0. The number of piperazine rings is 1. The number of hydrogen-bond donors (Lipinski definition) is 2. The molecular formula is C18H20ClFN8O. The first-order valence-electron chi connectivity index (χ1n) is 8.88. The van der Waals surface area contributed by atoms with E-state index in [9.17, 15) is 9.18 Å². The minimum Gasteiger partial charge on any atom is -0.322 e. The van der Waals surface area contributed by atoms with Gasteiger partial charge >= 0.3 is 0 Å². The van der Waals surface area contributed by atoms with Crippen LogP contribution in [0.4, 0.5) is 10.1 Å². The summed E-state index contributed by atoms with van der Waals surface area (Å²) in [6, 6.07) is 8.21. The zero-order valence-corrected chi connectivity index (χ0v) is 16.2. The van der Waals surface area contributed by atoms with Gasteiger partial charge in [0.05, 0.1) is 17.9 Å². The molecule has 0 aliphatic carbocycles. The van der Waals surface area contributed by atoms with E-state index in [1.54, 1.807) is 12.4 Å². The molecule has 29 heavy (non-hydrogen) atoms. The van der Waals surface area contributed by atoms with Crippen LogP contribution in [0.1, 0.15) is 11.6 Å². The molecule has 3 aromatic rings. The van der Waals surface area contributed by atoms with E-state index in [-0.39, 0.29) is 36.6 Å². The van der Waals surface area contributed by atoms with Crippen molar-refractivity contribution in [2.24, 2.45) is 0 Å². The molecule has 1 amide bonds. The first-order chi connectivity index (χ1) is 13.7. The Labute approximate surface area is 172 Å². The van der Waals surface area contributed by atoms with Gasteiger partial charge in [0.1, 0.15) is 12.1 Å². The van der Waals surface area contributed by atoms with E-state index in [1.807, 2.05) is 12.1 Å². The predicted molar refractivity (Wildman–Crippen MR) is 106 cm³/mol. The lowest BCUT2D eigenvalue weighted by molar-refractivity contribution is -0.118. The summed E-state index contributed by atoms with van der Waals surface area (Å²) in [6.07, 6.45) is 4.92. The molecule has 1 unspecified atom stereocenters. The molecule has 2 N–H and O–H groups in total.